The smallest absolute Gasteiger partial charge is 0.153 e. The van der Waals surface area contributed by atoms with Crippen molar-refractivity contribution in [3.8, 4) is 11.4 Å². The van der Waals surface area contributed by atoms with Crippen molar-refractivity contribution in [3.63, 3.8) is 0 Å². The van der Waals surface area contributed by atoms with Crippen LogP contribution < -0.4 is 0 Å². The number of hydrogen-bond acceptors (Lipinski definition) is 2. The highest BCUT2D eigenvalue weighted by atomic mass is 19.1. The van der Waals surface area contributed by atoms with E-state index in [2.05, 4.69) is 15.0 Å². The zero-order valence-corrected chi connectivity index (χ0v) is 8.61. The average molecular weight is 231 g/mol. The van der Waals surface area contributed by atoms with E-state index in [4.69, 9.17) is 0 Å². The van der Waals surface area contributed by atoms with E-state index in [1.807, 2.05) is 0 Å². The number of aromatic amines is 1. The fraction of sp³-hybridized carbons (Fsp3) is 0. The molecule has 3 rings (SSSR count). The van der Waals surface area contributed by atoms with E-state index in [0.29, 0.717) is 11.3 Å². The van der Waals surface area contributed by atoms with Gasteiger partial charge in [0.1, 0.15) is 17.2 Å². The highest BCUT2D eigenvalue weighted by Gasteiger charge is 2.10. The molecule has 3 nitrogen and oxygen atoms in total. The summed E-state index contributed by atoms with van der Waals surface area (Å²) in [5, 5.41) is 0. The number of imidazole rings is 1. The fourth-order valence-electron chi connectivity index (χ4n) is 1.69. The Balaban J connectivity index is 2.24. The summed E-state index contributed by atoms with van der Waals surface area (Å²) in [6, 6.07) is 5.52. The van der Waals surface area contributed by atoms with E-state index in [1.165, 1.54) is 6.07 Å². The molecule has 1 N–H and O–H groups in total. The van der Waals surface area contributed by atoms with Gasteiger partial charge in [0.05, 0.1) is 5.52 Å². The summed E-state index contributed by atoms with van der Waals surface area (Å²) in [6.45, 7) is 0. The fourth-order valence-corrected chi connectivity index (χ4v) is 1.69. The van der Waals surface area contributed by atoms with Crippen LogP contribution in [-0.2, 0) is 0 Å². The molecule has 2 heterocycles. The first-order chi connectivity index (χ1) is 8.24. The lowest BCUT2D eigenvalue weighted by Gasteiger charge is -1.92. The molecule has 0 amide bonds. The lowest BCUT2D eigenvalue weighted by Crippen LogP contribution is -1.81. The lowest BCUT2D eigenvalue weighted by atomic mass is 10.2. The molecule has 0 spiro atoms. The number of hydrogen-bond donors (Lipinski definition) is 1. The van der Waals surface area contributed by atoms with Crippen molar-refractivity contribution in [2.45, 2.75) is 0 Å². The van der Waals surface area contributed by atoms with Crippen LogP contribution in [0.1, 0.15) is 0 Å². The van der Waals surface area contributed by atoms with Gasteiger partial charge in [-0.05, 0) is 18.2 Å². The zero-order valence-electron chi connectivity index (χ0n) is 8.61. The van der Waals surface area contributed by atoms with Gasteiger partial charge >= 0.3 is 0 Å². The lowest BCUT2D eigenvalue weighted by molar-refractivity contribution is 0.591. The molecule has 0 bridgehead atoms. The zero-order chi connectivity index (χ0) is 11.8. The van der Waals surface area contributed by atoms with E-state index in [1.54, 1.807) is 24.5 Å². The molecule has 0 fully saturated rings. The second-order valence-corrected chi connectivity index (χ2v) is 3.61. The van der Waals surface area contributed by atoms with Gasteiger partial charge < -0.3 is 4.98 Å². The summed E-state index contributed by atoms with van der Waals surface area (Å²) in [7, 11) is 0. The number of benzene rings is 1. The van der Waals surface area contributed by atoms with Crippen molar-refractivity contribution in [3.05, 3.63) is 48.3 Å². The Bertz CT molecular complexity index is 677. The SMILES string of the molecule is Fc1cc(F)c2nc(-c3ccncc3)[nH]c2c1. The predicted molar refractivity (Wildman–Crippen MR) is 59.2 cm³/mol. The minimum atomic E-state index is -0.670. The Kier molecular flexibility index (Phi) is 2.11. The number of pyridine rings is 1. The van der Waals surface area contributed by atoms with Gasteiger partial charge in [-0.1, -0.05) is 0 Å². The first-order valence-electron chi connectivity index (χ1n) is 4.99. The van der Waals surface area contributed by atoms with Crippen LogP contribution in [0.4, 0.5) is 8.78 Å². The number of rotatable bonds is 1. The monoisotopic (exact) mass is 231 g/mol. The predicted octanol–water partition coefficient (Wildman–Crippen LogP) is 2.90. The van der Waals surface area contributed by atoms with E-state index in [0.717, 1.165) is 11.6 Å². The number of halogens is 2. The first-order valence-corrected chi connectivity index (χ1v) is 4.99. The van der Waals surface area contributed by atoms with Gasteiger partial charge in [-0.25, -0.2) is 13.8 Å². The molecule has 0 saturated carbocycles. The van der Waals surface area contributed by atoms with Crippen molar-refractivity contribution in [2.75, 3.05) is 0 Å². The summed E-state index contributed by atoms with van der Waals surface area (Å²) in [5.74, 6) is -0.802. The Morgan fingerprint density at radius 3 is 2.59 bits per heavy atom. The molecule has 0 aliphatic heterocycles. The quantitative estimate of drug-likeness (QED) is 0.699. The number of H-pyrrole nitrogens is 1. The number of nitrogens with zero attached hydrogens (tertiary/aromatic N) is 2. The van der Waals surface area contributed by atoms with Gasteiger partial charge in [0, 0.05) is 24.0 Å². The maximum atomic E-state index is 13.4. The standard InChI is InChI=1S/C12H7F2N3/c13-8-5-9(14)11-10(6-8)16-12(17-11)7-1-3-15-4-2-7/h1-6H,(H,16,17). The molecule has 1 aromatic carbocycles. The summed E-state index contributed by atoms with van der Waals surface area (Å²) >= 11 is 0. The first kappa shape index (κ1) is 9.89. The largest absolute Gasteiger partial charge is 0.338 e. The van der Waals surface area contributed by atoms with E-state index >= 15 is 0 Å². The molecular weight excluding hydrogens is 224 g/mol. The van der Waals surface area contributed by atoms with Gasteiger partial charge in [-0.15, -0.1) is 0 Å². The van der Waals surface area contributed by atoms with E-state index in [-0.39, 0.29) is 5.52 Å². The molecule has 0 radical (unpaired) electrons. The van der Waals surface area contributed by atoms with Gasteiger partial charge in [-0.2, -0.15) is 0 Å². The van der Waals surface area contributed by atoms with Crippen LogP contribution >= 0.6 is 0 Å². The van der Waals surface area contributed by atoms with Crippen LogP contribution in [0, 0.1) is 11.6 Å². The van der Waals surface area contributed by atoms with Crippen LogP contribution in [0.25, 0.3) is 22.4 Å². The maximum Gasteiger partial charge on any atom is 0.153 e. The molecule has 17 heavy (non-hydrogen) atoms. The van der Waals surface area contributed by atoms with Crippen LogP contribution in [0.2, 0.25) is 0 Å². The molecule has 5 heteroatoms. The normalized spacial score (nSPS) is 10.9. The highest BCUT2D eigenvalue weighted by Crippen LogP contribution is 2.22. The van der Waals surface area contributed by atoms with Crippen molar-refractivity contribution < 1.29 is 8.78 Å². The average Bonchev–Trinajstić information content (AvgIpc) is 2.74. The molecule has 0 unspecified atom stereocenters. The summed E-state index contributed by atoms with van der Waals surface area (Å²) in [6.07, 6.45) is 3.22. The van der Waals surface area contributed by atoms with Gasteiger partial charge in [-0.3, -0.25) is 4.98 Å². The molecule has 0 atom stereocenters. The maximum absolute atomic E-state index is 13.4. The van der Waals surface area contributed by atoms with Crippen LogP contribution in [0.3, 0.4) is 0 Å². The van der Waals surface area contributed by atoms with E-state index < -0.39 is 11.6 Å². The molecule has 3 aromatic rings. The van der Waals surface area contributed by atoms with Gasteiger partial charge in [0.15, 0.2) is 5.82 Å². The minimum absolute atomic E-state index is 0.137. The van der Waals surface area contributed by atoms with E-state index in [9.17, 15) is 8.78 Å². The third kappa shape index (κ3) is 1.65. The second kappa shape index (κ2) is 3.62. The van der Waals surface area contributed by atoms with Crippen LogP contribution in [0.15, 0.2) is 36.7 Å². The Hall–Kier alpha value is -2.30. The molecule has 0 aliphatic rings. The van der Waals surface area contributed by atoms with Crippen molar-refractivity contribution >= 4 is 11.0 Å². The molecule has 84 valence electrons. The van der Waals surface area contributed by atoms with Crippen LogP contribution in [-0.4, -0.2) is 15.0 Å². The number of fused-ring (bicyclic) bond motifs is 1. The number of nitrogens with one attached hydrogen (secondary N) is 1. The highest BCUT2D eigenvalue weighted by molar-refractivity contribution is 5.79. The Morgan fingerprint density at radius 1 is 1.06 bits per heavy atom. The summed E-state index contributed by atoms with van der Waals surface area (Å²) < 4.78 is 26.5. The van der Waals surface area contributed by atoms with Gasteiger partial charge in [0.25, 0.3) is 0 Å². The second-order valence-electron chi connectivity index (χ2n) is 3.61. The molecule has 2 aromatic heterocycles. The topological polar surface area (TPSA) is 41.6 Å². The van der Waals surface area contributed by atoms with Crippen molar-refractivity contribution in [1.29, 1.82) is 0 Å². The molecule has 0 aliphatic carbocycles. The van der Waals surface area contributed by atoms with Crippen molar-refractivity contribution in [1.82, 2.24) is 15.0 Å². The number of aromatic nitrogens is 3. The Morgan fingerprint density at radius 2 is 1.82 bits per heavy atom. The summed E-state index contributed by atoms with van der Waals surface area (Å²) in [4.78, 5) is 10.9. The third-order valence-electron chi connectivity index (χ3n) is 2.46. The summed E-state index contributed by atoms with van der Waals surface area (Å²) in [5.41, 5.74) is 1.25. The van der Waals surface area contributed by atoms with Gasteiger partial charge in [0.2, 0.25) is 0 Å². The molecule has 0 saturated heterocycles. The van der Waals surface area contributed by atoms with Crippen molar-refractivity contribution in [2.24, 2.45) is 0 Å². The third-order valence-corrected chi connectivity index (χ3v) is 2.46. The minimum Gasteiger partial charge on any atom is -0.338 e. The Labute approximate surface area is 95.1 Å². The van der Waals surface area contributed by atoms with Crippen LogP contribution in [0.5, 0.6) is 0 Å². The molecular formula is C12H7F2N3.